The zero-order chi connectivity index (χ0) is 13.8. The normalized spacial score (nSPS) is 12.2. The van der Waals surface area contributed by atoms with Gasteiger partial charge in [-0.05, 0) is 35.9 Å². The number of halogens is 2. The highest BCUT2D eigenvalue weighted by molar-refractivity contribution is 7.84. The summed E-state index contributed by atoms with van der Waals surface area (Å²) in [6.07, 6.45) is 1.64. The third-order valence-electron chi connectivity index (χ3n) is 2.67. The van der Waals surface area contributed by atoms with Crippen molar-refractivity contribution in [2.24, 2.45) is 0 Å². The second-order valence-corrected chi connectivity index (χ2v) is 5.87. The van der Waals surface area contributed by atoms with Gasteiger partial charge in [0.25, 0.3) is 0 Å². The summed E-state index contributed by atoms with van der Waals surface area (Å²) in [6.45, 7) is 0.567. The van der Waals surface area contributed by atoms with Crippen LogP contribution in [0.25, 0.3) is 0 Å². The van der Waals surface area contributed by atoms with Gasteiger partial charge in [0.1, 0.15) is 5.82 Å². The van der Waals surface area contributed by atoms with Crippen LogP contribution in [-0.2, 0) is 17.3 Å². The molecule has 0 aliphatic carbocycles. The zero-order valence-electron chi connectivity index (χ0n) is 10.3. The lowest BCUT2D eigenvalue weighted by Gasteiger charge is -2.07. The van der Waals surface area contributed by atoms with Gasteiger partial charge >= 0.3 is 0 Å². The monoisotopic (exact) mass is 297 g/mol. The molecule has 0 spiro atoms. The van der Waals surface area contributed by atoms with E-state index in [4.69, 9.17) is 11.6 Å². The van der Waals surface area contributed by atoms with Crippen LogP contribution >= 0.6 is 11.6 Å². The number of hydrogen-bond donors (Lipinski definition) is 1. The first-order chi connectivity index (χ1) is 9.06. The number of nitrogens with one attached hydrogen (secondary N) is 1. The summed E-state index contributed by atoms with van der Waals surface area (Å²) in [7, 11) is -0.968. The smallest absolute Gasteiger partial charge is 0.143 e. The third-order valence-corrected chi connectivity index (χ3v) is 3.91. The van der Waals surface area contributed by atoms with E-state index in [1.54, 1.807) is 12.3 Å². The molecule has 0 radical (unpaired) electrons. The maximum absolute atomic E-state index is 13.2. The van der Waals surface area contributed by atoms with Crippen molar-refractivity contribution in [2.45, 2.75) is 11.4 Å². The van der Waals surface area contributed by atoms with Gasteiger partial charge in [0, 0.05) is 34.2 Å². The fraction of sp³-hybridized carbons (Fsp3) is 0.143. The molecular formula is C14H13ClFNOS. The maximum Gasteiger partial charge on any atom is 0.143 e. The molecule has 2 aromatic carbocycles. The Bertz CT molecular complexity index is 601. The Morgan fingerprint density at radius 1 is 1.21 bits per heavy atom. The first kappa shape index (κ1) is 14.0. The summed E-state index contributed by atoms with van der Waals surface area (Å²) in [5.74, 6) is -0.441. The van der Waals surface area contributed by atoms with Crippen molar-refractivity contribution in [3.8, 4) is 0 Å². The zero-order valence-corrected chi connectivity index (χ0v) is 11.9. The maximum atomic E-state index is 13.2. The third kappa shape index (κ3) is 3.78. The molecule has 5 heteroatoms. The van der Waals surface area contributed by atoms with Gasteiger partial charge in [-0.1, -0.05) is 23.7 Å². The van der Waals surface area contributed by atoms with Crippen LogP contribution in [-0.4, -0.2) is 10.5 Å². The van der Waals surface area contributed by atoms with Crippen molar-refractivity contribution in [2.75, 3.05) is 11.6 Å². The largest absolute Gasteiger partial charge is 0.381 e. The highest BCUT2D eigenvalue weighted by Crippen LogP contribution is 2.19. The van der Waals surface area contributed by atoms with Crippen LogP contribution in [0.4, 0.5) is 10.1 Å². The van der Waals surface area contributed by atoms with Crippen LogP contribution in [0.15, 0.2) is 47.4 Å². The molecule has 0 bridgehead atoms. The highest BCUT2D eigenvalue weighted by Gasteiger charge is 2.01. The molecule has 0 fully saturated rings. The lowest BCUT2D eigenvalue weighted by atomic mass is 10.2. The van der Waals surface area contributed by atoms with Crippen molar-refractivity contribution in [3.05, 3.63) is 58.9 Å². The Hall–Kier alpha value is -1.39. The van der Waals surface area contributed by atoms with E-state index in [1.807, 2.05) is 24.3 Å². The molecule has 2 rings (SSSR count). The van der Waals surface area contributed by atoms with E-state index < -0.39 is 16.6 Å². The molecule has 0 saturated carbocycles. The highest BCUT2D eigenvalue weighted by atomic mass is 35.5. The van der Waals surface area contributed by atoms with Crippen molar-refractivity contribution in [1.82, 2.24) is 0 Å². The molecule has 0 heterocycles. The molecule has 0 aliphatic heterocycles. The number of hydrogen-bond acceptors (Lipinski definition) is 2. The van der Waals surface area contributed by atoms with Gasteiger partial charge in [-0.15, -0.1) is 0 Å². The molecule has 0 aliphatic rings. The van der Waals surface area contributed by atoms with Crippen LogP contribution in [0.5, 0.6) is 0 Å². The van der Waals surface area contributed by atoms with Gasteiger partial charge in [-0.3, -0.25) is 4.21 Å². The first-order valence-corrected chi connectivity index (χ1v) is 7.61. The summed E-state index contributed by atoms with van der Waals surface area (Å²) in [5.41, 5.74) is 1.70. The molecule has 1 atom stereocenters. The van der Waals surface area contributed by atoms with Crippen LogP contribution < -0.4 is 5.32 Å². The lowest BCUT2D eigenvalue weighted by molar-refractivity contribution is 0.628. The second-order valence-electron chi connectivity index (χ2n) is 4.08. The minimum atomic E-state index is -0.968. The summed E-state index contributed by atoms with van der Waals surface area (Å²) < 4.78 is 24.5. The Balaban J connectivity index is 2.01. The molecule has 2 nitrogen and oxygen atoms in total. The summed E-state index contributed by atoms with van der Waals surface area (Å²) in [5, 5.41) is 3.21. The fourth-order valence-corrected chi connectivity index (χ4v) is 2.25. The van der Waals surface area contributed by atoms with Gasteiger partial charge in [-0.2, -0.15) is 0 Å². The average molecular weight is 298 g/mol. The summed E-state index contributed by atoms with van der Waals surface area (Å²) >= 11 is 5.61. The van der Waals surface area contributed by atoms with Crippen molar-refractivity contribution in [1.29, 1.82) is 0 Å². The van der Waals surface area contributed by atoms with E-state index >= 15 is 0 Å². The molecule has 100 valence electrons. The topological polar surface area (TPSA) is 29.1 Å². The molecule has 0 amide bonds. The predicted octanol–water partition coefficient (Wildman–Crippen LogP) is 3.83. The molecule has 0 saturated heterocycles. The molecule has 0 aromatic heterocycles. The van der Waals surface area contributed by atoms with E-state index in [-0.39, 0.29) is 5.02 Å². The molecular weight excluding hydrogens is 285 g/mol. The molecule has 1 N–H and O–H groups in total. The number of rotatable bonds is 4. The first-order valence-electron chi connectivity index (χ1n) is 5.67. The Morgan fingerprint density at radius 3 is 2.47 bits per heavy atom. The van der Waals surface area contributed by atoms with E-state index in [0.29, 0.717) is 12.2 Å². The predicted molar refractivity (Wildman–Crippen MR) is 77.5 cm³/mol. The quantitative estimate of drug-likeness (QED) is 0.929. The fourth-order valence-electron chi connectivity index (χ4n) is 1.61. The van der Waals surface area contributed by atoms with E-state index in [9.17, 15) is 8.60 Å². The van der Waals surface area contributed by atoms with Crippen LogP contribution in [0, 0.1) is 5.82 Å². The number of anilines is 1. The second kappa shape index (κ2) is 6.17. The van der Waals surface area contributed by atoms with Gasteiger partial charge in [0.15, 0.2) is 0 Å². The van der Waals surface area contributed by atoms with E-state index in [2.05, 4.69) is 5.32 Å². The Morgan fingerprint density at radius 2 is 1.89 bits per heavy atom. The summed E-state index contributed by atoms with van der Waals surface area (Å²) in [4.78, 5) is 0.793. The Labute approximate surface area is 119 Å². The standard InChI is InChI=1S/C14H13ClFNOS/c1-19(18)12-5-2-10(3-6-12)9-17-11-4-7-13(15)14(16)8-11/h2-8,17H,9H2,1H3/t19-/m1/s1. The Kier molecular flexibility index (Phi) is 4.56. The number of benzene rings is 2. The van der Waals surface area contributed by atoms with Gasteiger partial charge in [0.05, 0.1) is 5.02 Å². The molecule has 2 aromatic rings. The molecule has 19 heavy (non-hydrogen) atoms. The minimum Gasteiger partial charge on any atom is -0.381 e. The van der Waals surface area contributed by atoms with Gasteiger partial charge in [0.2, 0.25) is 0 Å². The SMILES string of the molecule is C[S@@](=O)c1ccc(CNc2ccc(Cl)c(F)c2)cc1. The van der Waals surface area contributed by atoms with Gasteiger partial charge in [-0.25, -0.2) is 4.39 Å². The van der Waals surface area contributed by atoms with Crippen LogP contribution in [0.2, 0.25) is 5.02 Å². The minimum absolute atomic E-state index is 0.111. The van der Waals surface area contributed by atoms with Crippen molar-refractivity contribution >= 4 is 28.1 Å². The average Bonchev–Trinajstić information content (AvgIpc) is 2.40. The van der Waals surface area contributed by atoms with Crippen molar-refractivity contribution in [3.63, 3.8) is 0 Å². The summed E-state index contributed by atoms with van der Waals surface area (Å²) in [6, 6.07) is 12.1. The van der Waals surface area contributed by atoms with E-state index in [0.717, 1.165) is 10.5 Å². The van der Waals surface area contributed by atoms with Crippen LogP contribution in [0.1, 0.15) is 5.56 Å². The van der Waals surface area contributed by atoms with Crippen molar-refractivity contribution < 1.29 is 8.60 Å². The van der Waals surface area contributed by atoms with E-state index in [1.165, 1.54) is 12.1 Å². The lowest BCUT2D eigenvalue weighted by Crippen LogP contribution is -2.00. The van der Waals surface area contributed by atoms with Gasteiger partial charge < -0.3 is 5.32 Å². The van der Waals surface area contributed by atoms with Crippen LogP contribution in [0.3, 0.4) is 0 Å². The molecule has 0 unspecified atom stereocenters.